The highest BCUT2D eigenvalue weighted by Crippen LogP contribution is 2.26. The van der Waals surface area contributed by atoms with Crippen molar-refractivity contribution < 1.29 is 4.42 Å². The Labute approximate surface area is 99.9 Å². The first-order valence-corrected chi connectivity index (χ1v) is 6.43. The summed E-state index contributed by atoms with van der Waals surface area (Å²) < 4.78 is 5.28. The van der Waals surface area contributed by atoms with Crippen LogP contribution in [0, 0.1) is 0 Å². The molecule has 1 aromatic rings. The lowest BCUT2D eigenvalue weighted by Gasteiger charge is -2.27. The molecule has 1 fully saturated rings. The quantitative estimate of drug-likeness (QED) is 0.733. The van der Waals surface area contributed by atoms with Gasteiger partial charge in [-0.1, -0.05) is 27.7 Å². The van der Waals surface area contributed by atoms with E-state index in [4.69, 9.17) is 4.42 Å². The van der Waals surface area contributed by atoms with Crippen molar-refractivity contribution in [2.45, 2.75) is 46.5 Å². The number of aromatic nitrogens is 1. The summed E-state index contributed by atoms with van der Waals surface area (Å²) in [7, 11) is 2.16. The second-order valence-corrected chi connectivity index (χ2v) is 3.48. The number of hydrogen-bond donors (Lipinski definition) is 0. The molecule has 2 heterocycles. The van der Waals surface area contributed by atoms with E-state index in [0.29, 0.717) is 5.92 Å². The Morgan fingerprint density at radius 3 is 2.19 bits per heavy atom. The minimum atomic E-state index is 0.601. The molecule has 1 aromatic heterocycles. The van der Waals surface area contributed by atoms with Gasteiger partial charge in [0.25, 0.3) is 0 Å². The van der Waals surface area contributed by atoms with Crippen molar-refractivity contribution in [3.8, 4) is 0 Å². The maximum atomic E-state index is 5.28. The van der Waals surface area contributed by atoms with Crippen LogP contribution in [0.4, 0.5) is 0 Å². The van der Waals surface area contributed by atoms with Crippen LogP contribution in [0.2, 0.25) is 0 Å². The highest BCUT2D eigenvalue weighted by atomic mass is 16.3. The fraction of sp³-hybridized carbons (Fsp3) is 0.769. The van der Waals surface area contributed by atoms with Gasteiger partial charge < -0.3 is 9.32 Å². The van der Waals surface area contributed by atoms with Crippen LogP contribution < -0.4 is 0 Å². The van der Waals surface area contributed by atoms with Crippen LogP contribution >= 0.6 is 0 Å². The first-order valence-electron chi connectivity index (χ1n) is 6.43. The SMILES string of the molecule is CC.CC.CN1CCC(c2cnco2)CC1. The lowest BCUT2D eigenvalue weighted by Crippen LogP contribution is -2.29. The molecule has 1 aliphatic heterocycles. The zero-order chi connectivity index (χ0) is 12.4. The molecular formula is C13H26N2O. The van der Waals surface area contributed by atoms with Crippen molar-refractivity contribution in [1.82, 2.24) is 9.88 Å². The second kappa shape index (κ2) is 9.40. The predicted molar refractivity (Wildman–Crippen MR) is 68.7 cm³/mol. The molecule has 0 amide bonds. The third kappa shape index (κ3) is 4.79. The van der Waals surface area contributed by atoms with Crippen molar-refractivity contribution in [2.24, 2.45) is 0 Å². The second-order valence-electron chi connectivity index (χ2n) is 3.48. The molecular weight excluding hydrogens is 200 g/mol. The lowest BCUT2D eigenvalue weighted by atomic mass is 9.95. The normalized spacial score (nSPS) is 16.8. The molecule has 0 atom stereocenters. The zero-order valence-electron chi connectivity index (χ0n) is 11.4. The average Bonchev–Trinajstić information content (AvgIpc) is 2.89. The van der Waals surface area contributed by atoms with Gasteiger partial charge in [-0.3, -0.25) is 0 Å². The maximum absolute atomic E-state index is 5.28. The molecule has 0 radical (unpaired) electrons. The smallest absolute Gasteiger partial charge is 0.180 e. The van der Waals surface area contributed by atoms with Gasteiger partial charge in [0.15, 0.2) is 6.39 Å². The Bertz CT molecular complexity index is 226. The van der Waals surface area contributed by atoms with Gasteiger partial charge in [-0.2, -0.15) is 0 Å². The zero-order valence-corrected chi connectivity index (χ0v) is 11.4. The number of nitrogens with zero attached hydrogens (tertiary/aromatic N) is 2. The number of likely N-dealkylation sites (tertiary alicyclic amines) is 1. The summed E-state index contributed by atoms with van der Waals surface area (Å²) in [6.07, 6.45) is 5.76. The third-order valence-corrected chi connectivity index (χ3v) is 2.57. The average molecular weight is 226 g/mol. The van der Waals surface area contributed by atoms with Crippen LogP contribution in [0.5, 0.6) is 0 Å². The maximum Gasteiger partial charge on any atom is 0.180 e. The van der Waals surface area contributed by atoms with Gasteiger partial charge in [-0.25, -0.2) is 4.98 Å². The van der Waals surface area contributed by atoms with Gasteiger partial charge in [-0.15, -0.1) is 0 Å². The van der Waals surface area contributed by atoms with Gasteiger partial charge >= 0.3 is 0 Å². The van der Waals surface area contributed by atoms with E-state index >= 15 is 0 Å². The van der Waals surface area contributed by atoms with Crippen LogP contribution in [-0.4, -0.2) is 30.0 Å². The van der Waals surface area contributed by atoms with Gasteiger partial charge in [-0.05, 0) is 33.0 Å². The summed E-state index contributed by atoms with van der Waals surface area (Å²) in [4.78, 5) is 6.29. The largest absolute Gasteiger partial charge is 0.448 e. The Hall–Kier alpha value is -0.830. The van der Waals surface area contributed by atoms with Gasteiger partial charge in [0.2, 0.25) is 0 Å². The van der Waals surface area contributed by atoms with Crippen molar-refractivity contribution in [3.05, 3.63) is 18.4 Å². The standard InChI is InChI=1S/C9H14N2O.2C2H6/c1-11-4-2-8(3-5-11)9-6-10-7-12-9;2*1-2/h6-8H,2-5H2,1H3;2*1-2H3. The highest BCUT2D eigenvalue weighted by Gasteiger charge is 2.20. The fourth-order valence-corrected chi connectivity index (χ4v) is 1.72. The van der Waals surface area contributed by atoms with E-state index in [0.717, 1.165) is 5.76 Å². The number of rotatable bonds is 1. The highest BCUT2D eigenvalue weighted by molar-refractivity contribution is 5.00. The van der Waals surface area contributed by atoms with E-state index in [2.05, 4.69) is 16.9 Å². The molecule has 0 spiro atoms. The summed E-state index contributed by atoms with van der Waals surface area (Å²) >= 11 is 0. The number of oxazole rings is 1. The predicted octanol–water partition coefficient (Wildman–Crippen LogP) is 3.54. The molecule has 16 heavy (non-hydrogen) atoms. The first-order chi connectivity index (χ1) is 7.86. The minimum Gasteiger partial charge on any atom is -0.448 e. The van der Waals surface area contributed by atoms with E-state index in [1.807, 2.05) is 33.9 Å². The Morgan fingerprint density at radius 1 is 1.19 bits per heavy atom. The molecule has 94 valence electrons. The van der Waals surface area contributed by atoms with Crippen molar-refractivity contribution >= 4 is 0 Å². The van der Waals surface area contributed by atoms with E-state index in [9.17, 15) is 0 Å². The Kier molecular flexibility index (Phi) is 8.91. The molecule has 0 aromatic carbocycles. The summed E-state index contributed by atoms with van der Waals surface area (Å²) in [5, 5.41) is 0. The topological polar surface area (TPSA) is 29.3 Å². The van der Waals surface area contributed by atoms with Crippen molar-refractivity contribution in [1.29, 1.82) is 0 Å². The van der Waals surface area contributed by atoms with E-state index < -0.39 is 0 Å². The summed E-state index contributed by atoms with van der Waals surface area (Å²) in [5.74, 6) is 1.66. The van der Waals surface area contributed by atoms with E-state index in [1.165, 1.54) is 32.3 Å². The van der Waals surface area contributed by atoms with Crippen LogP contribution in [0.25, 0.3) is 0 Å². The first kappa shape index (κ1) is 15.2. The summed E-state index contributed by atoms with van der Waals surface area (Å²) in [6.45, 7) is 10.3. The molecule has 1 saturated heterocycles. The van der Waals surface area contributed by atoms with Crippen molar-refractivity contribution in [3.63, 3.8) is 0 Å². The number of piperidine rings is 1. The van der Waals surface area contributed by atoms with Crippen LogP contribution in [0.1, 0.15) is 52.2 Å². The van der Waals surface area contributed by atoms with Crippen LogP contribution in [-0.2, 0) is 0 Å². The molecule has 0 aliphatic carbocycles. The van der Waals surface area contributed by atoms with Crippen LogP contribution in [0.3, 0.4) is 0 Å². The van der Waals surface area contributed by atoms with Gasteiger partial charge in [0.05, 0.1) is 6.20 Å². The van der Waals surface area contributed by atoms with Gasteiger partial charge in [0.1, 0.15) is 5.76 Å². The lowest BCUT2D eigenvalue weighted by molar-refractivity contribution is 0.240. The number of hydrogen-bond acceptors (Lipinski definition) is 3. The molecule has 3 nitrogen and oxygen atoms in total. The molecule has 0 saturated carbocycles. The van der Waals surface area contributed by atoms with E-state index in [-0.39, 0.29) is 0 Å². The Morgan fingerprint density at radius 2 is 1.75 bits per heavy atom. The third-order valence-electron chi connectivity index (χ3n) is 2.57. The Balaban J connectivity index is 0.000000509. The summed E-state index contributed by atoms with van der Waals surface area (Å²) in [6, 6.07) is 0. The summed E-state index contributed by atoms with van der Waals surface area (Å²) in [5.41, 5.74) is 0. The van der Waals surface area contributed by atoms with E-state index in [1.54, 1.807) is 0 Å². The molecule has 2 rings (SSSR count). The fourth-order valence-electron chi connectivity index (χ4n) is 1.72. The molecule has 0 N–H and O–H groups in total. The van der Waals surface area contributed by atoms with Crippen molar-refractivity contribution in [2.75, 3.05) is 20.1 Å². The molecule has 1 aliphatic rings. The molecule has 0 unspecified atom stereocenters. The molecule has 0 bridgehead atoms. The van der Waals surface area contributed by atoms with Crippen LogP contribution in [0.15, 0.2) is 17.0 Å². The molecule has 3 heteroatoms. The minimum absolute atomic E-state index is 0.601. The monoisotopic (exact) mass is 226 g/mol. The van der Waals surface area contributed by atoms with Gasteiger partial charge in [0, 0.05) is 5.92 Å².